The Morgan fingerprint density at radius 1 is 1.38 bits per heavy atom. The number of hydrogen-bond donors (Lipinski definition) is 2. The van der Waals surface area contributed by atoms with Gasteiger partial charge in [-0.25, -0.2) is 8.78 Å². The number of carbonyl (C=O) groups is 1. The highest BCUT2D eigenvalue weighted by atomic mass is 19.3. The first-order valence-corrected chi connectivity index (χ1v) is 4.94. The van der Waals surface area contributed by atoms with Crippen molar-refractivity contribution >= 4 is 5.97 Å². The van der Waals surface area contributed by atoms with Crippen molar-refractivity contribution in [2.75, 3.05) is 6.61 Å². The van der Waals surface area contributed by atoms with Gasteiger partial charge in [-0.15, -0.1) is 0 Å². The lowest BCUT2D eigenvalue weighted by Crippen LogP contribution is -2.42. The van der Waals surface area contributed by atoms with Crippen molar-refractivity contribution in [2.24, 2.45) is 0 Å². The zero-order valence-corrected chi connectivity index (χ0v) is 9.67. The standard InChI is InChI=1S/C10H18F2O4/c1-9(2,3)16-7(14)6-10(15,4-5-13)8(11)12/h8,13,15H,4-6H2,1-3H3. The van der Waals surface area contributed by atoms with E-state index in [1.54, 1.807) is 20.8 Å². The van der Waals surface area contributed by atoms with Gasteiger partial charge in [0.1, 0.15) is 11.2 Å². The van der Waals surface area contributed by atoms with Crippen molar-refractivity contribution in [3.8, 4) is 0 Å². The van der Waals surface area contributed by atoms with E-state index in [0.717, 1.165) is 0 Å². The van der Waals surface area contributed by atoms with Crippen molar-refractivity contribution in [1.29, 1.82) is 0 Å². The molecular weight excluding hydrogens is 222 g/mol. The van der Waals surface area contributed by atoms with Crippen LogP contribution in [0.2, 0.25) is 0 Å². The molecule has 0 saturated heterocycles. The van der Waals surface area contributed by atoms with Crippen LogP contribution in [0, 0.1) is 0 Å². The van der Waals surface area contributed by atoms with Crippen LogP contribution in [0.15, 0.2) is 0 Å². The van der Waals surface area contributed by atoms with Gasteiger partial charge < -0.3 is 14.9 Å². The summed E-state index contributed by atoms with van der Waals surface area (Å²) in [5.41, 5.74) is -3.31. The first-order valence-electron chi connectivity index (χ1n) is 4.94. The molecule has 0 aromatic carbocycles. The lowest BCUT2D eigenvalue weighted by atomic mass is 9.96. The first-order chi connectivity index (χ1) is 7.10. The van der Waals surface area contributed by atoms with Gasteiger partial charge in [-0.2, -0.15) is 0 Å². The highest BCUT2D eigenvalue weighted by Gasteiger charge is 2.40. The molecule has 0 aliphatic carbocycles. The molecule has 0 spiro atoms. The minimum Gasteiger partial charge on any atom is -0.460 e. The first kappa shape index (κ1) is 15.2. The third-order valence-electron chi connectivity index (χ3n) is 1.82. The summed E-state index contributed by atoms with van der Waals surface area (Å²) in [4.78, 5) is 11.3. The normalized spacial score (nSPS) is 16.0. The molecule has 96 valence electrons. The van der Waals surface area contributed by atoms with E-state index < -0.39 is 43.0 Å². The van der Waals surface area contributed by atoms with Gasteiger partial charge in [-0.3, -0.25) is 4.79 Å². The second-order valence-corrected chi connectivity index (χ2v) is 4.64. The third kappa shape index (κ3) is 5.37. The molecule has 0 aliphatic heterocycles. The molecule has 6 heteroatoms. The molecule has 0 aliphatic rings. The van der Waals surface area contributed by atoms with E-state index >= 15 is 0 Å². The highest BCUT2D eigenvalue weighted by Crippen LogP contribution is 2.25. The predicted molar refractivity (Wildman–Crippen MR) is 53.1 cm³/mol. The Hall–Kier alpha value is -0.750. The molecule has 0 saturated carbocycles. The van der Waals surface area contributed by atoms with Crippen molar-refractivity contribution in [2.45, 2.75) is 51.2 Å². The second-order valence-electron chi connectivity index (χ2n) is 4.64. The highest BCUT2D eigenvalue weighted by molar-refractivity contribution is 5.71. The fourth-order valence-corrected chi connectivity index (χ4v) is 1.10. The van der Waals surface area contributed by atoms with Crippen LogP contribution in [0.25, 0.3) is 0 Å². The molecule has 0 radical (unpaired) electrons. The molecule has 0 fully saturated rings. The molecule has 0 rings (SSSR count). The molecular formula is C10H18F2O4. The van der Waals surface area contributed by atoms with E-state index in [1.807, 2.05) is 0 Å². The van der Waals surface area contributed by atoms with Gasteiger partial charge in [0.2, 0.25) is 0 Å². The van der Waals surface area contributed by atoms with Crippen molar-refractivity contribution in [3.05, 3.63) is 0 Å². The Bertz CT molecular complexity index is 237. The number of halogens is 2. The van der Waals surface area contributed by atoms with Crippen LogP contribution < -0.4 is 0 Å². The summed E-state index contributed by atoms with van der Waals surface area (Å²) >= 11 is 0. The summed E-state index contributed by atoms with van der Waals surface area (Å²) in [5, 5.41) is 18.0. The maximum Gasteiger partial charge on any atom is 0.309 e. The number of hydrogen-bond acceptors (Lipinski definition) is 4. The molecule has 0 amide bonds. The number of esters is 1. The van der Waals surface area contributed by atoms with Gasteiger partial charge in [0, 0.05) is 13.0 Å². The monoisotopic (exact) mass is 240 g/mol. The Morgan fingerprint density at radius 3 is 2.19 bits per heavy atom. The zero-order valence-electron chi connectivity index (χ0n) is 9.67. The van der Waals surface area contributed by atoms with Gasteiger partial charge in [0.05, 0.1) is 6.42 Å². The second kappa shape index (κ2) is 5.54. The largest absolute Gasteiger partial charge is 0.460 e. The van der Waals surface area contributed by atoms with E-state index in [-0.39, 0.29) is 0 Å². The van der Waals surface area contributed by atoms with Crippen molar-refractivity contribution in [3.63, 3.8) is 0 Å². The molecule has 0 aromatic heterocycles. The van der Waals surface area contributed by atoms with Crippen LogP contribution >= 0.6 is 0 Å². The van der Waals surface area contributed by atoms with Crippen LogP contribution in [-0.4, -0.2) is 40.4 Å². The van der Waals surface area contributed by atoms with Gasteiger partial charge in [-0.05, 0) is 20.8 Å². The number of rotatable bonds is 5. The number of aliphatic hydroxyl groups is 2. The molecule has 1 atom stereocenters. The average molecular weight is 240 g/mol. The van der Waals surface area contributed by atoms with Crippen LogP contribution in [0.3, 0.4) is 0 Å². The smallest absolute Gasteiger partial charge is 0.309 e. The lowest BCUT2D eigenvalue weighted by Gasteiger charge is -2.27. The van der Waals surface area contributed by atoms with Crippen LogP contribution in [0.5, 0.6) is 0 Å². The molecule has 0 heterocycles. The number of ether oxygens (including phenoxy) is 1. The molecule has 16 heavy (non-hydrogen) atoms. The molecule has 0 bridgehead atoms. The van der Waals surface area contributed by atoms with E-state index in [1.165, 1.54) is 0 Å². The van der Waals surface area contributed by atoms with Crippen LogP contribution in [0.4, 0.5) is 8.78 Å². The predicted octanol–water partition coefficient (Wildman–Crippen LogP) is 1.10. The summed E-state index contributed by atoms with van der Waals surface area (Å²) in [6, 6.07) is 0. The van der Waals surface area contributed by atoms with E-state index in [4.69, 9.17) is 9.84 Å². The van der Waals surface area contributed by atoms with Crippen molar-refractivity contribution in [1.82, 2.24) is 0 Å². The summed E-state index contributed by atoms with van der Waals surface area (Å²) < 4.78 is 29.8. The fraction of sp³-hybridized carbons (Fsp3) is 0.900. The number of carbonyl (C=O) groups excluding carboxylic acids is 1. The minimum absolute atomic E-state index is 0.566. The van der Waals surface area contributed by atoms with Gasteiger partial charge in [-0.1, -0.05) is 0 Å². The van der Waals surface area contributed by atoms with Crippen LogP contribution in [-0.2, 0) is 9.53 Å². The fourth-order valence-electron chi connectivity index (χ4n) is 1.10. The Balaban J connectivity index is 4.47. The van der Waals surface area contributed by atoms with E-state index in [2.05, 4.69) is 0 Å². The third-order valence-corrected chi connectivity index (χ3v) is 1.82. The van der Waals surface area contributed by atoms with Gasteiger partial charge in [0.25, 0.3) is 6.43 Å². The Morgan fingerprint density at radius 2 is 1.88 bits per heavy atom. The average Bonchev–Trinajstić information content (AvgIpc) is 1.99. The lowest BCUT2D eigenvalue weighted by molar-refractivity contribution is -0.170. The topological polar surface area (TPSA) is 66.8 Å². The van der Waals surface area contributed by atoms with Crippen LogP contribution in [0.1, 0.15) is 33.6 Å². The molecule has 2 N–H and O–H groups in total. The SMILES string of the molecule is CC(C)(C)OC(=O)CC(O)(CCO)C(F)F. The van der Waals surface area contributed by atoms with Crippen molar-refractivity contribution < 1.29 is 28.5 Å². The molecule has 1 unspecified atom stereocenters. The van der Waals surface area contributed by atoms with E-state index in [0.29, 0.717) is 0 Å². The summed E-state index contributed by atoms with van der Waals surface area (Å²) in [5.74, 6) is -0.913. The summed E-state index contributed by atoms with van der Waals surface area (Å²) in [6.45, 7) is 4.17. The zero-order chi connectivity index (χ0) is 13.0. The van der Waals surface area contributed by atoms with E-state index in [9.17, 15) is 18.7 Å². The number of aliphatic hydroxyl groups excluding tert-OH is 1. The van der Waals surface area contributed by atoms with Gasteiger partial charge >= 0.3 is 5.97 Å². The van der Waals surface area contributed by atoms with Gasteiger partial charge in [0.15, 0.2) is 0 Å². The quantitative estimate of drug-likeness (QED) is 0.706. The maximum atomic E-state index is 12.5. The summed E-state index contributed by atoms with van der Waals surface area (Å²) in [6.07, 6.45) is -4.50. The minimum atomic E-state index is -3.10. The molecule has 0 aromatic rings. The Labute approximate surface area is 93.2 Å². The molecule has 4 nitrogen and oxygen atoms in total. The Kier molecular flexibility index (Phi) is 5.28. The summed E-state index contributed by atoms with van der Waals surface area (Å²) in [7, 11) is 0. The maximum absolute atomic E-state index is 12.5. The number of alkyl halides is 2.